The number of rotatable bonds is 2. The van der Waals surface area contributed by atoms with Crippen LogP contribution in [0.3, 0.4) is 0 Å². The van der Waals surface area contributed by atoms with Crippen molar-refractivity contribution >= 4 is 16.5 Å². The van der Waals surface area contributed by atoms with E-state index in [1.807, 2.05) is 31.2 Å². The molecular weight excluding hydrogens is 270 g/mol. The molecule has 0 unspecified atom stereocenters. The summed E-state index contributed by atoms with van der Waals surface area (Å²) in [6.45, 7) is 1.97. The first kappa shape index (κ1) is 13.0. The van der Waals surface area contributed by atoms with Crippen LogP contribution in [-0.4, -0.2) is 15.1 Å². The number of H-pyrrole nitrogens is 1. The van der Waals surface area contributed by atoms with Gasteiger partial charge in [-0.25, -0.2) is 5.10 Å². The molecule has 0 saturated heterocycles. The minimum atomic E-state index is -0.562. The molecular formula is C15H11N3O3. The Hall–Kier alpha value is -3.02. The van der Waals surface area contributed by atoms with Crippen molar-refractivity contribution in [2.24, 2.45) is 0 Å². The number of aryl methyl sites for hydroxylation is 1. The highest BCUT2D eigenvalue weighted by molar-refractivity contribution is 5.98. The maximum absolute atomic E-state index is 11.9. The number of nitro benzene ring substituents is 1. The lowest BCUT2D eigenvalue weighted by Crippen LogP contribution is -2.11. The third-order valence-corrected chi connectivity index (χ3v) is 3.32. The third-order valence-electron chi connectivity index (χ3n) is 3.32. The predicted octanol–water partition coefficient (Wildman–Crippen LogP) is 2.81. The number of hydrogen-bond donors (Lipinski definition) is 1. The summed E-state index contributed by atoms with van der Waals surface area (Å²) < 4.78 is 0. The normalized spacial score (nSPS) is 10.7. The van der Waals surface area contributed by atoms with E-state index in [4.69, 9.17) is 0 Å². The molecule has 0 spiro atoms. The highest BCUT2D eigenvalue weighted by Gasteiger charge is 2.18. The van der Waals surface area contributed by atoms with Crippen LogP contribution >= 0.6 is 0 Å². The number of non-ortho nitro benzene ring substituents is 1. The van der Waals surface area contributed by atoms with E-state index in [1.54, 1.807) is 12.1 Å². The number of benzene rings is 2. The number of fused-ring (bicyclic) bond motifs is 1. The molecule has 3 aromatic rings. The van der Waals surface area contributed by atoms with Crippen molar-refractivity contribution < 1.29 is 4.92 Å². The molecule has 3 rings (SSSR count). The highest BCUT2D eigenvalue weighted by Crippen LogP contribution is 2.29. The van der Waals surface area contributed by atoms with Crippen LogP contribution in [0.15, 0.2) is 47.3 Å². The summed E-state index contributed by atoms with van der Waals surface area (Å²) in [7, 11) is 0. The average molecular weight is 281 g/mol. The molecule has 0 atom stereocenters. The molecule has 0 aliphatic heterocycles. The van der Waals surface area contributed by atoms with E-state index in [2.05, 4.69) is 10.2 Å². The van der Waals surface area contributed by atoms with Crippen LogP contribution in [0.4, 0.5) is 5.69 Å². The zero-order valence-electron chi connectivity index (χ0n) is 11.2. The van der Waals surface area contributed by atoms with Crippen molar-refractivity contribution in [2.45, 2.75) is 6.92 Å². The largest absolute Gasteiger partial charge is 0.282 e. The van der Waals surface area contributed by atoms with Crippen molar-refractivity contribution in [2.75, 3.05) is 0 Å². The number of nitrogens with zero attached hydrogens (tertiary/aromatic N) is 2. The van der Waals surface area contributed by atoms with E-state index in [0.29, 0.717) is 11.1 Å². The van der Waals surface area contributed by atoms with Gasteiger partial charge < -0.3 is 0 Å². The Morgan fingerprint density at radius 2 is 1.86 bits per heavy atom. The smallest absolute Gasteiger partial charge is 0.267 e. The summed E-state index contributed by atoms with van der Waals surface area (Å²) in [5.74, 6) is 0. The molecule has 104 valence electrons. The van der Waals surface area contributed by atoms with Crippen LogP contribution in [0.2, 0.25) is 0 Å². The van der Waals surface area contributed by atoms with Crippen LogP contribution in [0.5, 0.6) is 0 Å². The van der Waals surface area contributed by atoms with E-state index in [-0.39, 0.29) is 11.1 Å². The number of nitrogens with one attached hydrogen (secondary N) is 1. The topological polar surface area (TPSA) is 88.9 Å². The van der Waals surface area contributed by atoms with Crippen molar-refractivity contribution in [3.8, 4) is 11.3 Å². The van der Waals surface area contributed by atoms with Crippen LogP contribution in [0.1, 0.15) is 5.56 Å². The molecule has 2 aromatic carbocycles. The molecule has 0 bridgehead atoms. The molecule has 21 heavy (non-hydrogen) atoms. The van der Waals surface area contributed by atoms with Crippen LogP contribution < -0.4 is 5.56 Å². The highest BCUT2D eigenvalue weighted by atomic mass is 16.6. The Balaban J connectivity index is 2.38. The van der Waals surface area contributed by atoms with Crippen molar-refractivity contribution in [3.63, 3.8) is 0 Å². The van der Waals surface area contributed by atoms with Gasteiger partial charge in [0.25, 0.3) is 11.2 Å². The number of aromatic nitrogens is 2. The van der Waals surface area contributed by atoms with Crippen molar-refractivity contribution in [1.29, 1.82) is 0 Å². The zero-order valence-corrected chi connectivity index (χ0v) is 11.2. The van der Waals surface area contributed by atoms with E-state index < -0.39 is 10.5 Å². The summed E-state index contributed by atoms with van der Waals surface area (Å²) >= 11 is 0. The molecule has 1 N–H and O–H groups in total. The third kappa shape index (κ3) is 2.16. The summed E-state index contributed by atoms with van der Waals surface area (Å²) in [5, 5.41) is 18.0. The van der Waals surface area contributed by atoms with Gasteiger partial charge in [0.05, 0.1) is 10.6 Å². The van der Waals surface area contributed by atoms with Gasteiger partial charge in [0, 0.05) is 17.0 Å². The van der Waals surface area contributed by atoms with Gasteiger partial charge in [-0.15, -0.1) is 0 Å². The summed E-state index contributed by atoms with van der Waals surface area (Å²) in [6.07, 6.45) is 0. The second-order valence-corrected chi connectivity index (χ2v) is 4.72. The molecule has 6 heteroatoms. The molecule has 6 nitrogen and oxygen atoms in total. The van der Waals surface area contributed by atoms with Gasteiger partial charge in [-0.2, -0.15) is 5.10 Å². The standard InChI is InChI=1S/C15H11N3O3/c1-9-5-7-10(8-6-9)14-11-3-2-4-12(18(20)21)13(11)15(19)17-16-14/h2-8H,1H3,(H,17,19). The molecule has 0 radical (unpaired) electrons. The first-order chi connectivity index (χ1) is 10.1. The van der Waals surface area contributed by atoms with Gasteiger partial charge in [-0.3, -0.25) is 14.9 Å². The summed E-state index contributed by atoms with van der Waals surface area (Å²) in [6, 6.07) is 12.1. The predicted molar refractivity (Wildman–Crippen MR) is 79.2 cm³/mol. The quantitative estimate of drug-likeness (QED) is 0.577. The second-order valence-electron chi connectivity index (χ2n) is 4.72. The molecule has 0 fully saturated rings. The number of aromatic amines is 1. The minimum absolute atomic E-state index is 0.0491. The average Bonchev–Trinajstić information content (AvgIpc) is 2.48. The number of nitro groups is 1. The number of hydrogen-bond acceptors (Lipinski definition) is 4. The molecule has 1 heterocycles. The first-order valence-electron chi connectivity index (χ1n) is 6.31. The lowest BCUT2D eigenvalue weighted by atomic mass is 10.0. The SMILES string of the molecule is Cc1ccc(-c2n[nH]c(=O)c3c([N+](=O)[O-])cccc23)cc1. The van der Waals surface area contributed by atoms with Gasteiger partial charge in [0.2, 0.25) is 0 Å². The Morgan fingerprint density at radius 3 is 2.52 bits per heavy atom. The Labute approximate surface area is 119 Å². The fourth-order valence-corrected chi connectivity index (χ4v) is 2.28. The van der Waals surface area contributed by atoms with Crippen LogP contribution in [0, 0.1) is 17.0 Å². The molecule has 0 aliphatic rings. The lowest BCUT2D eigenvalue weighted by Gasteiger charge is -2.05. The van der Waals surface area contributed by atoms with E-state index in [0.717, 1.165) is 11.1 Å². The van der Waals surface area contributed by atoms with Gasteiger partial charge in [0.1, 0.15) is 5.39 Å². The Kier molecular flexibility index (Phi) is 2.98. The molecule has 0 aliphatic carbocycles. The van der Waals surface area contributed by atoms with Gasteiger partial charge >= 0.3 is 0 Å². The van der Waals surface area contributed by atoms with E-state index >= 15 is 0 Å². The zero-order chi connectivity index (χ0) is 15.0. The van der Waals surface area contributed by atoms with Crippen LogP contribution in [-0.2, 0) is 0 Å². The summed E-state index contributed by atoms with van der Waals surface area (Å²) in [4.78, 5) is 22.5. The maximum Gasteiger partial charge on any atom is 0.282 e. The fourth-order valence-electron chi connectivity index (χ4n) is 2.28. The second kappa shape index (κ2) is 4.82. The molecule has 1 aromatic heterocycles. The Bertz CT molecular complexity index is 898. The maximum atomic E-state index is 11.9. The van der Waals surface area contributed by atoms with Crippen molar-refractivity contribution in [3.05, 3.63) is 68.5 Å². The lowest BCUT2D eigenvalue weighted by molar-refractivity contribution is -0.383. The summed E-state index contributed by atoms with van der Waals surface area (Å²) in [5.41, 5.74) is 1.63. The van der Waals surface area contributed by atoms with Gasteiger partial charge in [-0.1, -0.05) is 42.0 Å². The van der Waals surface area contributed by atoms with E-state index in [1.165, 1.54) is 6.07 Å². The van der Waals surface area contributed by atoms with Gasteiger partial charge in [0.15, 0.2) is 0 Å². The first-order valence-corrected chi connectivity index (χ1v) is 6.31. The monoisotopic (exact) mass is 281 g/mol. The van der Waals surface area contributed by atoms with E-state index in [9.17, 15) is 14.9 Å². The minimum Gasteiger partial charge on any atom is -0.267 e. The van der Waals surface area contributed by atoms with Crippen molar-refractivity contribution in [1.82, 2.24) is 10.2 Å². The Morgan fingerprint density at radius 1 is 1.14 bits per heavy atom. The molecule has 0 saturated carbocycles. The molecule has 0 amide bonds. The van der Waals surface area contributed by atoms with Gasteiger partial charge in [-0.05, 0) is 6.92 Å². The van der Waals surface area contributed by atoms with Crippen LogP contribution in [0.25, 0.3) is 22.0 Å². The fraction of sp³-hybridized carbons (Fsp3) is 0.0667.